The predicted octanol–water partition coefficient (Wildman–Crippen LogP) is 1.25. The van der Waals surface area contributed by atoms with E-state index in [2.05, 4.69) is 22.8 Å². The van der Waals surface area contributed by atoms with Crippen LogP contribution in [0.4, 0.5) is 0 Å². The fraction of sp³-hybridized carbons (Fsp3) is 0.529. The maximum absolute atomic E-state index is 12.4. The third-order valence-corrected chi connectivity index (χ3v) is 4.68. The number of nitrogens with zero attached hydrogens (tertiary/aromatic N) is 1. The Balaban J connectivity index is 0.00000192. The van der Waals surface area contributed by atoms with E-state index in [1.165, 1.54) is 11.1 Å². The lowest BCUT2D eigenvalue weighted by molar-refractivity contribution is -0.130. The van der Waals surface area contributed by atoms with Crippen molar-refractivity contribution in [2.45, 2.75) is 44.8 Å². The number of likely N-dealkylation sites (tertiary alicyclic amines) is 1. The van der Waals surface area contributed by atoms with Crippen LogP contribution >= 0.6 is 12.4 Å². The zero-order valence-corrected chi connectivity index (χ0v) is 14.2. The number of nitrogens with one attached hydrogen (secondary N) is 2. The smallest absolute Gasteiger partial charge is 0.237 e. The van der Waals surface area contributed by atoms with Crippen molar-refractivity contribution in [1.29, 1.82) is 0 Å². The fourth-order valence-electron chi connectivity index (χ4n) is 3.28. The van der Waals surface area contributed by atoms with Crippen LogP contribution in [0.5, 0.6) is 0 Å². The van der Waals surface area contributed by atoms with Gasteiger partial charge in [-0.2, -0.15) is 0 Å². The summed E-state index contributed by atoms with van der Waals surface area (Å²) in [5, 5.41) is 6.45. The molecule has 5 nitrogen and oxygen atoms in total. The van der Waals surface area contributed by atoms with E-state index in [0.717, 1.165) is 38.9 Å². The van der Waals surface area contributed by atoms with Crippen molar-refractivity contribution in [2.75, 3.05) is 13.1 Å². The van der Waals surface area contributed by atoms with Crippen molar-refractivity contribution in [3.8, 4) is 0 Å². The lowest BCUT2D eigenvalue weighted by Crippen LogP contribution is -2.53. The number of hydrogen-bond donors (Lipinski definition) is 2. The average Bonchev–Trinajstić information content (AvgIpc) is 2.55. The zero-order chi connectivity index (χ0) is 15.5. The van der Waals surface area contributed by atoms with Gasteiger partial charge in [0, 0.05) is 32.6 Å². The summed E-state index contributed by atoms with van der Waals surface area (Å²) in [7, 11) is 0. The van der Waals surface area contributed by atoms with Gasteiger partial charge in [0.15, 0.2) is 0 Å². The largest absolute Gasteiger partial charge is 0.352 e. The molecule has 0 bridgehead atoms. The first-order valence-electron chi connectivity index (χ1n) is 7.99. The van der Waals surface area contributed by atoms with Crippen LogP contribution in [0.1, 0.15) is 30.9 Å². The highest BCUT2D eigenvalue weighted by Crippen LogP contribution is 2.17. The number of piperidine rings is 1. The van der Waals surface area contributed by atoms with E-state index in [0.29, 0.717) is 0 Å². The Kier molecular flexibility index (Phi) is 6.02. The molecule has 1 fully saturated rings. The first-order chi connectivity index (χ1) is 10.6. The summed E-state index contributed by atoms with van der Waals surface area (Å²) in [6.07, 6.45) is 2.43. The molecule has 0 aliphatic carbocycles. The van der Waals surface area contributed by atoms with Gasteiger partial charge >= 0.3 is 0 Å². The van der Waals surface area contributed by atoms with Crippen LogP contribution in [0.2, 0.25) is 0 Å². The minimum Gasteiger partial charge on any atom is -0.352 e. The molecule has 1 unspecified atom stereocenters. The summed E-state index contributed by atoms with van der Waals surface area (Å²) in [5.74, 6) is 0.200. The van der Waals surface area contributed by atoms with Crippen molar-refractivity contribution in [3.63, 3.8) is 0 Å². The van der Waals surface area contributed by atoms with Gasteiger partial charge in [0.1, 0.15) is 0 Å². The van der Waals surface area contributed by atoms with Crippen molar-refractivity contribution in [2.24, 2.45) is 0 Å². The van der Waals surface area contributed by atoms with Crippen LogP contribution in [0, 0.1) is 0 Å². The Morgan fingerprint density at radius 1 is 1.17 bits per heavy atom. The molecule has 0 aromatic heterocycles. The van der Waals surface area contributed by atoms with Gasteiger partial charge < -0.3 is 15.5 Å². The Morgan fingerprint density at radius 2 is 1.83 bits per heavy atom. The summed E-state index contributed by atoms with van der Waals surface area (Å²) >= 11 is 0. The van der Waals surface area contributed by atoms with Crippen molar-refractivity contribution in [3.05, 3.63) is 35.4 Å². The second-order valence-electron chi connectivity index (χ2n) is 6.20. The predicted molar refractivity (Wildman–Crippen MR) is 91.4 cm³/mol. The summed E-state index contributed by atoms with van der Waals surface area (Å²) in [5.41, 5.74) is 2.54. The van der Waals surface area contributed by atoms with E-state index in [-0.39, 0.29) is 36.3 Å². The molecule has 2 heterocycles. The summed E-state index contributed by atoms with van der Waals surface area (Å²) in [6, 6.07) is 8.29. The number of carbonyl (C=O) groups excluding carboxylic acids is 2. The van der Waals surface area contributed by atoms with Gasteiger partial charge in [-0.3, -0.25) is 9.59 Å². The number of fused-ring (bicyclic) bond motifs is 1. The number of amides is 2. The Bertz CT molecular complexity index is 571. The molecule has 2 amide bonds. The molecule has 6 heteroatoms. The number of halogens is 1. The summed E-state index contributed by atoms with van der Waals surface area (Å²) in [6.45, 7) is 3.82. The van der Waals surface area contributed by atoms with Crippen molar-refractivity contribution >= 4 is 24.2 Å². The summed E-state index contributed by atoms with van der Waals surface area (Å²) < 4.78 is 0. The van der Waals surface area contributed by atoms with E-state index in [4.69, 9.17) is 0 Å². The molecular formula is C17H24ClN3O2. The highest BCUT2D eigenvalue weighted by atomic mass is 35.5. The number of rotatable bonds is 2. The van der Waals surface area contributed by atoms with Crippen molar-refractivity contribution < 1.29 is 9.59 Å². The molecule has 1 atom stereocenters. The molecule has 2 aliphatic rings. The van der Waals surface area contributed by atoms with E-state index in [1.807, 2.05) is 17.0 Å². The molecule has 2 aliphatic heterocycles. The Hall–Kier alpha value is -1.59. The number of hydrogen-bond acceptors (Lipinski definition) is 3. The average molecular weight is 338 g/mol. The van der Waals surface area contributed by atoms with Crippen LogP contribution in [0.15, 0.2) is 24.3 Å². The number of benzene rings is 1. The van der Waals surface area contributed by atoms with Gasteiger partial charge in [-0.1, -0.05) is 24.3 Å². The van der Waals surface area contributed by atoms with E-state index in [1.54, 1.807) is 6.92 Å². The maximum Gasteiger partial charge on any atom is 0.237 e. The van der Waals surface area contributed by atoms with Crippen LogP contribution in [-0.2, 0) is 22.6 Å². The fourth-order valence-corrected chi connectivity index (χ4v) is 3.28. The standard InChI is InChI=1S/C17H23N3O2.ClH/c1-12(21)20-8-6-15(7-9-20)19-17(22)16-10-13-4-2-3-5-14(13)11-18-16;/h2-5,15-16,18H,6-11H2,1H3,(H,19,22);1H. The van der Waals surface area contributed by atoms with Crippen LogP contribution in [0.3, 0.4) is 0 Å². The second kappa shape index (κ2) is 7.79. The molecule has 0 radical (unpaired) electrons. The molecule has 0 spiro atoms. The first-order valence-corrected chi connectivity index (χ1v) is 7.99. The third-order valence-electron chi connectivity index (χ3n) is 4.68. The Morgan fingerprint density at radius 3 is 2.48 bits per heavy atom. The minimum atomic E-state index is -0.152. The van der Waals surface area contributed by atoms with Gasteiger partial charge in [-0.05, 0) is 30.4 Å². The monoisotopic (exact) mass is 337 g/mol. The topological polar surface area (TPSA) is 61.4 Å². The molecular weight excluding hydrogens is 314 g/mol. The molecule has 1 aromatic rings. The van der Waals surface area contributed by atoms with Crippen LogP contribution in [0.25, 0.3) is 0 Å². The molecule has 126 valence electrons. The molecule has 23 heavy (non-hydrogen) atoms. The van der Waals surface area contributed by atoms with Crippen LogP contribution in [-0.4, -0.2) is 41.9 Å². The maximum atomic E-state index is 12.4. The first kappa shape index (κ1) is 17.8. The molecule has 0 saturated carbocycles. The summed E-state index contributed by atoms with van der Waals surface area (Å²) in [4.78, 5) is 25.6. The minimum absolute atomic E-state index is 0. The van der Waals surface area contributed by atoms with E-state index < -0.39 is 0 Å². The van der Waals surface area contributed by atoms with Gasteiger partial charge in [-0.25, -0.2) is 0 Å². The Labute approximate surface area is 143 Å². The second-order valence-corrected chi connectivity index (χ2v) is 6.20. The lowest BCUT2D eigenvalue weighted by Gasteiger charge is -2.33. The van der Waals surface area contributed by atoms with E-state index in [9.17, 15) is 9.59 Å². The quantitative estimate of drug-likeness (QED) is 0.854. The molecule has 3 rings (SSSR count). The lowest BCUT2D eigenvalue weighted by atomic mass is 9.95. The SMILES string of the molecule is CC(=O)N1CCC(NC(=O)C2Cc3ccccc3CN2)CC1.Cl. The third kappa shape index (κ3) is 4.24. The van der Waals surface area contributed by atoms with E-state index >= 15 is 0 Å². The molecule has 1 aromatic carbocycles. The number of carbonyl (C=O) groups is 2. The van der Waals surface area contributed by atoms with Crippen molar-refractivity contribution in [1.82, 2.24) is 15.5 Å². The highest BCUT2D eigenvalue weighted by Gasteiger charge is 2.27. The molecule has 1 saturated heterocycles. The molecule has 2 N–H and O–H groups in total. The van der Waals surface area contributed by atoms with Gasteiger partial charge in [-0.15, -0.1) is 12.4 Å². The zero-order valence-electron chi connectivity index (χ0n) is 13.4. The normalized spacial score (nSPS) is 21.1. The van der Waals surface area contributed by atoms with Gasteiger partial charge in [0.2, 0.25) is 11.8 Å². The van der Waals surface area contributed by atoms with Gasteiger partial charge in [0.25, 0.3) is 0 Å². The highest BCUT2D eigenvalue weighted by molar-refractivity contribution is 5.85. The van der Waals surface area contributed by atoms with Gasteiger partial charge in [0.05, 0.1) is 6.04 Å². The van der Waals surface area contributed by atoms with Crippen LogP contribution < -0.4 is 10.6 Å².